The first kappa shape index (κ1) is 19.7. The smallest absolute Gasteiger partial charge is 0.251 e. The second-order valence-corrected chi connectivity index (χ2v) is 6.53. The maximum atomic E-state index is 12.5. The molecule has 0 radical (unpaired) electrons. The molecule has 140 valence electrons. The van der Waals surface area contributed by atoms with Crippen LogP contribution in [-0.2, 0) is 9.59 Å². The lowest BCUT2D eigenvalue weighted by Crippen LogP contribution is -2.59. The molecule has 3 amide bonds. The first-order valence-corrected chi connectivity index (χ1v) is 9.11. The second-order valence-electron chi connectivity index (χ2n) is 6.53. The van der Waals surface area contributed by atoms with Crippen molar-refractivity contribution in [3.63, 3.8) is 0 Å². The van der Waals surface area contributed by atoms with E-state index in [1.807, 2.05) is 6.92 Å². The zero-order valence-electron chi connectivity index (χ0n) is 15.4. The molecule has 26 heavy (non-hydrogen) atoms. The summed E-state index contributed by atoms with van der Waals surface area (Å²) >= 11 is 0. The van der Waals surface area contributed by atoms with Crippen LogP contribution >= 0.6 is 0 Å². The molecule has 0 aromatic heterocycles. The second kappa shape index (κ2) is 9.17. The summed E-state index contributed by atoms with van der Waals surface area (Å²) in [5.74, 6) is -0.538. The largest absolute Gasteiger partial charge is 0.355 e. The molecule has 2 rings (SSSR count). The molecule has 0 unspecified atom stereocenters. The lowest BCUT2D eigenvalue weighted by Gasteiger charge is -2.36. The fourth-order valence-corrected chi connectivity index (χ4v) is 3.23. The minimum Gasteiger partial charge on any atom is -0.355 e. The molecular weight excluding hydrogens is 330 g/mol. The van der Waals surface area contributed by atoms with E-state index in [-0.39, 0.29) is 17.7 Å². The summed E-state index contributed by atoms with van der Waals surface area (Å²) < 4.78 is 0. The fourth-order valence-electron chi connectivity index (χ4n) is 3.23. The van der Waals surface area contributed by atoms with Crippen LogP contribution < -0.4 is 16.0 Å². The molecule has 0 atom stereocenters. The third kappa shape index (κ3) is 4.94. The monoisotopic (exact) mass is 357 g/mol. The van der Waals surface area contributed by atoms with Gasteiger partial charge < -0.3 is 16.0 Å². The van der Waals surface area contributed by atoms with Crippen molar-refractivity contribution in [3.05, 3.63) is 41.5 Å². The van der Waals surface area contributed by atoms with E-state index in [2.05, 4.69) is 16.0 Å². The van der Waals surface area contributed by atoms with Crippen LogP contribution in [-0.4, -0.2) is 36.9 Å². The highest BCUT2D eigenvalue weighted by Crippen LogP contribution is 2.28. The summed E-state index contributed by atoms with van der Waals surface area (Å²) in [6.45, 7) is 2.42. The van der Waals surface area contributed by atoms with E-state index in [0.29, 0.717) is 24.9 Å². The molecule has 1 aromatic rings. The molecule has 3 N–H and O–H groups in total. The Balaban J connectivity index is 2.04. The van der Waals surface area contributed by atoms with Crippen molar-refractivity contribution >= 4 is 23.8 Å². The number of nitrogens with one attached hydrogen (secondary N) is 3. The summed E-state index contributed by atoms with van der Waals surface area (Å²) in [5.41, 5.74) is 0.564. The predicted octanol–water partition coefficient (Wildman–Crippen LogP) is 2.01. The highest BCUT2D eigenvalue weighted by Gasteiger charge is 2.40. The number of benzene rings is 1. The van der Waals surface area contributed by atoms with Gasteiger partial charge in [-0.05, 0) is 43.5 Å². The van der Waals surface area contributed by atoms with Crippen LogP contribution in [0, 0.1) is 0 Å². The van der Waals surface area contributed by atoms with E-state index in [1.54, 1.807) is 37.4 Å². The van der Waals surface area contributed by atoms with Crippen LogP contribution in [0.2, 0.25) is 0 Å². The van der Waals surface area contributed by atoms with E-state index in [9.17, 15) is 14.4 Å². The lowest BCUT2D eigenvalue weighted by atomic mass is 9.80. The van der Waals surface area contributed by atoms with E-state index < -0.39 is 5.54 Å². The number of carbonyl (C=O) groups is 3. The van der Waals surface area contributed by atoms with Gasteiger partial charge in [0.1, 0.15) is 5.54 Å². The van der Waals surface area contributed by atoms with Crippen LogP contribution in [0.1, 0.15) is 54.9 Å². The number of carbonyl (C=O) groups excluding carboxylic acids is 3. The highest BCUT2D eigenvalue weighted by molar-refractivity contribution is 5.98. The first-order chi connectivity index (χ1) is 12.5. The summed E-state index contributed by atoms with van der Waals surface area (Å²) in [6.07, 6.45) is 7.40. The predicted molar refractivity (Wildman–Crippen MR) is 102 cm³/mol. The maximum Gasteiger partial charge on any atom is 0.251 e. The quantitative estimate of drug-likeness (QED) is 0.681. The number of hydrogen-bond acceptors (Lipinski definition) is 3. The topological polar surface area (TPSA) is 87.3 Å². The van der Waals surface area contributed by atoms with Gasteiger partial charge in [0.25, 0.3) is 5.91 Å². The average Bonchev–Trinajstić information content (AvgIpc) is 2.67. The molecule has 6 heteroatoms. The molecular formula is C20H27N3O3. The van der Waals surface area contributed by atoms with Gasteiger partial charge in [0, 0.05) is 25.2 Å². The van der Waals surface area contributed by atoms with E-state index in [4.69, 9.17) is 0 Å². The molecule has 0 heterocycles. The summed E-state index contributed by atoms with van der Waals surface area (Å²) in [6, 6.07) is 6.95. The molecule has 0 bridgehead atoms. The Morgan fingerprint density at radius 1 is 1.08 bits per heavy atom. The average molecular weight is 357 g/mol. The molecule has 0 spiro atoms. The van der Waals surface area contributed by atoms with E-state index in [1.165, 1.54) is 6.08 Å². The van der Waals surface area contributed by atoms with Gasteiger partial charge in [0.15, 0.2) is 0 Å². The highest BCUT2D eigenvalue weighted by atomic mass is 16.2. The third-order valence-electron chi connectivity index (χ3n) is 4.67. The van der Waals surface area contributed by atoms with Gasteiger partial charge in [-0.2, -0.15) is 0 Å². The molecule has 1 aliphatic carbocycles. The molecule has 0 aliphatic heterocycles. The molecule has 1 fully saturated rings. The summed E-state index contributed by atoms with van der Waals surface area (Å²) in [7, 11) is 1.58. The van der Waals surface area contributed by atoms with Crippen molar-refractivity contribution in [1.29, 1.82) is 0 Å². The van der Waals surface area contributed by atoms with Crippen molar-refractivity contribution in [2.45, 2.75) is 44.6 Å². The Bertz CT molecular complexity index is 674. The van der Waals surface area contributed by atoms with Gasteiger partial charge in [0.2, 0.25) is 11.8 Å². The van der Waals surface area contributed by atoms with E-state index >= 15 is 0 Å². The van der Waals surface area contributed by atoms with Gasteiger partial charge >= 0.3 is 0 Å². The normalized spacial score (nSPS) is 16.1. The van der Waals surface area contributed by atoms with Crippen LogP contribution in [0.5, 0.6) is 0 Å². The van der Waals surface area contributed by atoms with Crippen molar-refractivity contribution in [3.8, 4) is 0 Å². The zero-order chi connectivity index (χ0) is 19.0. The van der Waals surface area contributed by atoms with Crippen LogP contribution in [0.3, 0.4) is 0 Å². The van der Waals surface area contributed by atoms with Crippen LogP contribution in [0.15, 0.2) is 30.3 Å². The Kier molecular flexibility index (Phi) is 6.95. The van der Waals surface area contributed by atoms with Gasteiger partial charge in [-0.3, -0.25) is 14.4 Å². The van der Waals surface area contributed by atoms with Crippen molar-refractivity contribution in [2.75, 3.05) is 13.6 Å². The fraction of sp³-hybridized carbons (Fsp3) is 0.450. The van der Waals surface area contributed by atoms with Crippen LogP contribution in [0.25, 0.3) is 6.08 Å². The lowest BCUT2D eigenvalue weighted by molar-refractivity contribution is -0.133. The Labute approximate surface area is 154 Å². The Morgan fingerprint density at radius 3 is 2.31 bits per heavy atom. The van der Waals surface area contributed by atoms with Crippen molar-refractivity contribution in [2.24, 2.45) is 0 Å². The standard InChI is InChI=1S/C20H27N3O3/c1-3-22-19(26)20(13-5-4-6-14-20)23-17(24)12-9-15-7-10-16(11-8-15)18(25)21-2/h7-12H,3-6,13-14H2,1-2H3,(H,21,25)(H,22,26)(H,23,24)/b12-9+. The molecule has 6 nitrogen and oxygen atoms in total. The van der Waals surface area contributed by atoms with Gasteiger partial charge in [-0.15, -0.1) is 0 Å². The van der Waals surface area contributed by atoms with E-state index in [0.717, 1.165) is 24.8 Å². The molecule has 1 saturated carbocycles. The minimum absolute atomic E-state index is 0.101. The minimum atomic E-state index is -0.807. The van der Waals surface area contributed by atoms with Crippen LogP contribution in [0.4, 0.5) is 0 Å². The molecule has 1 aromatic carbocycles. The van der Waals surface area contributed by atoms with Crippen molar-refractivity contribution < 1.29 is 14.4 Å². The first-order valence-electron chi connectivity index (χ1n) is 9.11. The van der Waals surface area contributed by atoms with Crippen molar-refractivity contribution in [1.82, 2.24) is 16.0 Å². The number of hydrogen-bond donors (Lipinski definition) is 3. The Hall–Kier alpha value is -2.63. The van der Waals surface area contributed by atoms with Gasteiger partial charge in [-0.25, -0.2) is 0 Å². The molecule has 1 aliphatic rings. The maximum absolute atomic E-state index is 12.5. The number of rotatable bonds is 6. The third-order valence-corrected chi connectivity index (χ3v) is 4.67. The SMILES string of the molecule is CCNC(=O)C1(NC(=O)/C=C/c2ccc(C(=O)NC)cc2)CCCCC1. The summed E-state index contributed by atoms with van der Waals surface area (Å²) in [5, 5.41) is 8.33. The number of amides is 3. The number of likely N-dealkylation sites (N-methyl/N-ethyl adjacent to an activating group) is 1. The molecule has 0 saturated heterocycles. The summed E-state index contributed by atoms with van der Waals surface area (Å²) in [4.78, 5) is 36.4. The van der Waals surface area contributed by atoms with Gasteiger partial charge in [0.05, 0.1) is 0 Å². The van der Waals surface area contributed by atoms with Gasteiger partial charge in [-0.1, -0.05) is 31.4 Å². The zero-order valence-corrected chi connectivity index (χ0v) is 15.4. The Morgan fingerprint density at radius 2 is 1.73 bits per heavy atom.